The number of esters is 1. The summed E-state index contributed by atoms with van der Waals surface area (Å²) in [5, 5.41) is 23.1. The summed E-state index contributed by atoms with van der Waals surface area (Å²) in [6.07, 6.45) is 5.61. The smallest absolute Gasteiger partial charge is 0.314 e. The van der Waals surface area contributed by atoms with E-state index in [1.807, 2.05) is 42.5 Å². The SMILES string of the molecule is CC(CO)(C[C@@H](Cc1ccc(-c2ccccc2)cc1)NC(=O)c1cnn[nH]1)C(=O)OCCN1CCCCC1. The number of hydrogen-bond donors (Lipinski definition) is 3. The zero-order valence-electron chi connectivity index (χ0n) is 21.9. The van der Waals surface area contributed by atoms with Gasteiger partial charge in [0.15, 0.2) is 0 Å². The number of aliphatic hydroxyl groups is 1. The summed E-state index contributed by atoms with van der Waals surface area (Å²) < 4.78 is 5.61. The molecule has 2 heterocycles. The highest BCUT2D eigenvalue weighted by Gasteiger charge is 2.37. The molecule has 0 saturated carbocycles. The largest absolute Gasteiger partial charge is 0.464 e. The molecule has 3 aromatic rings. The van der Waals surface area contributed by atoms with Crippen LogP contribution in [0.2, 0.25) is 0 Å². The second-order valence-electron chi connectivity index (χ2n) is 10.3. The normalized spacial score (nSPS) is 16.4. The molecule has 0 bridgehead atoms. The molecular weight excluding hydrogens is 482 g/mol. The number of aromatic nitrogens is 3. The number of likely N-dealkylation sites (tertiary alicyclic amines) is 1. The highest BCUT2D eigenvalue weighted by atomic mass is 16.5. The van der Waals surface area contributed by atoms with Crippen molar-refractivity contribution in [2.75, 3.05) is 32.8 Å². The summed E-state index contributed by atoms with van der Waals surface area (Å²) in [5.41, 5.74) is 2.27. The van der Waals surface area contributed by atoms with Gasteiger partial charge in [-0.25, -0.2) is 0 Å². The highest BCUT2D eigenvalue weighted by Crippen LogP contribution is 2.27. The number of carbonyl (C=O) groups excluding carboxylic acids is 2. The molecular formula is C29H37N5O4. The topological polar surface area (TPSA) is 120 Å². The average Bonchev–Trinajstić information content (AvgIpc) is 3.50. The molecule has 38 heavy (non-hydrogen) atoms. The van der Waals surface area contributed by atoms with Crippen molar-refractivity contribution < 1.29 is 19.4 Å². The van der Waals surface area contributed by atoms with Crippen molar-refractivity contribution >= 4 is 11.9 Å². The maximum Gasteiger partial charge on any atom is 0.314 e. The van der Waals surface area contributed by atoms with E-state index in [9.17, 15) is 14.7 Å². The first-order valence-electron chi connectivity index (χ1n) is 13.3. The molecule has 1 saturated heterocycles. The lowest BCUT2D eigenvalue weighted by Gasteiger charge is -2.31. The van der Waals surface area contributed by atoms with Crippen LogP contribution in [0.1, 0.15) is 48.7 Å². The van der Waals surface area contributed by atoms with Crippen LogP contribution in [0, 0.1) is 5.41 Å². The number of hydrogen-bond acceptors (Lipinski definition) is 7. The van der Waals surface area contributed by atoms with Crippen molar-refractivity contribution in [1.82, 2.24) is 25.6 Å². The minimum absolute atomic E-state index is 0.208. The number of aliphatic hydroxyl groups excluding tert-OH is 1. The number of benzene rings is 2. The summed E-state index contributed by atoms with van der Waals surface area (Å²) in [7, 11) is 0. The molecule has 1 amide bonds. The van der Waals surface area contributed by atoms with Gasteiger partial charge in [0.05, 0.1) is 18.2 Å². The van der Waals surface area contributed by atoms with E-state index in [0.717, 1.165) is 29.8 Å². The average molecular weight is 520 g/mol. The van der Waals surface area contributed by atoms with Gasteiger partial charge in [0.1, 0.15) is 12.3 Å². The van der Waals surface area contributed by atoms with E-state index in [1.165, 1.54) is 25.5 Å². The van der Waals surface area contributed by atoms with Gasteiger partial charge in [0.25, 0.3) is 5.91 Å². The standard InChI is InChI=1S/C29H37N5O4/c1-29(21-35,28(37)38-17-16-34-14-6-3-7-15-34)19-25(31-27(36)26-20-30-33-32-26)18-22-10-12-24(13-11-22)23-8-4-2-5-9-23/h2,4-5,8-13,20,25,35H,3,6-7,14-19,21H2,1H3,(H,31,36)(H,30,32,33)/t25-,29?/m1/s1. The van der Waals surface area contributed by atoms with Crippen molar-refractivity contribution in [2.45, 2.75) is 45.1 Å². The molecule has 3 N–H and O–H groups in total. The van der Waals surface area contributed by atoms with E-state index in [0.29, 0.717) is 13.0 Å². The van der Waals surface area contributed by atoms with Crippen LogP contribution in [-0.4, -0.2) is 76.2 Å². The van der Waals surface area contributed by atoms with Gasteiger partial charge in [-0.2, -0.15) is 0 Å². The van der Waals surface area contributed by atoms with E-state index >= 15 is 0 Å². The summed E-state index contributed by atoms with van der Waals surface area (Å²) in [4.78, 5) is 28.2. The molecule has 9 heteroatoms. The van der Waals surface area contributed by atoms with Crippen LogP contribution in [0.15, 0.2) is 60.8 Å². The van der Waals surface area contributed by atoms with Crippen molar-refractivity contribution in [3.8, 4) is 11.1 Å². The van der Waals surface area contributed by atoms with Gasteiger partial charge in [0.2, 0.25) is 0 Å². The van der Waals surface area contributed by atoms with E-state index in [4.69, 9.17) is 4.74 Å². The van der Waals surface area contributed by atoms with Gasteiger partial charge in [-0.15, -0.1) is 5.10 Å². The Balaban J connectivity index is 1.43. The molecule has 1 aliphatic heterocycles. The maximum atomic E-state index is 13.1. The first kappa shape index (κ1) is 27.5. The molecule has 2 aromatic carbocycles. The number of carbonyl (C=O) groups is 2. The van der Waals surface area contributed by atoms with Gasteiger partial charge >= 0.3 is 5.97 Å². The summed E-state index contributed by atoms with van der Waals surface area (Å²) in [6, 6.07) is 17.8. The Morgan fingerprint density at radius 2 is 1.79 bits per heavy atom. The minimum Gasteiger partial charge on any atom is -0.464 e. The Morgan fingerprint density at radius 1 is 1.08 bits per heavy atom. The lowest BCUT2D eigenvalue weighted by atomic mass is 9.82. The molecule has 2 atom stereocenters. The first-order valence-corrected chi connectivity index (χ1v) is 13.3. The maximum absolute atomic E-state index is 13.1. The van der Waals surface area contributed by atoms with Gasteiger partial charge < -0.3 is 15.2 Å². The van der Waals surface area contributed by atoms with Gasteiger partial charge in [-0.3, -0.25) is 19.6 Å². The minimum atomic E-state index is -1.17. The third kappa shape index (κ3) is 7.49. The molecule has 1 fully saturated rings. The van der Waals surface area contributed by atoms with E-state index in [-0.39, 0.29) is 31.2 Å². The lowest BCUT2D eigenvalue weighted by molar-refractivity contribution is -0.158. The molecule has 1 aliphatic rings. The zero-order valence-corrected chi connectivity index (χ0v) is 21.9. The molecule has 1 unspecified atom stereocenters. The van der Waals surface area contributed by atoms with Crippen molar-refractivity contribution in [3.63, 3.8) is 0 Å². The number of aromatic amines is 1. The zero-order chi connectivity index (χ0) is 26.8. The van der Waals surface area contributed by atoms with Crippen LogP contribution in [-0.2, 0) is 16.0 Å². The fourth-order valence-electron chi connectivity index (χ4n) is 4.87. The summed E-state index contributed by atoms with van der Waals surface area (Å²) >= 11 is 0. The molecule has 0 aliphatic carbocycles. The number of nitrogens with one attached hydrogen (secondary N) is 2. The fourth-order valence-corrected chi connectivity index (χ4v) is 4.87. The molecule has 4 rings (SSSR count). The third-order valence-corrected chi connectivity index (χ3v) is 7.17. The Bertz CT molecular complexity index is 1150. The van der Waals surface area contributed by atoms with Crippen LogP contribution >= 0.6 is 0 Å². The first-order chi connectivity index (χ1) is 18.5. The number of rotatable bonds is 12. The number of amides is 1. The number of ether oxygens (including phenoxy) is 1. The second kappa shape index (κ2) is 13.3. The predicted octanol–water partition coefficient (Wildman–Crippen LogP) is 3.23. The van der Waals surface area contributed by atoms with E-state index < -0.39 is 17.4 Å². The number of piperidine rings is 1. The Kier molecular flexibility index (Phi) is 9.62. The Labute approximate surface area is 223 Å². The van der Waals surface area contributed by atoms with Crippen LogP contribution < -0.4 is 5.32 Å². The Morgan fingerprint density at radius 3 is 2.45 bits per heavy atom. The van der Waals surface area contributed by atoms with Crippen LogP contribution in [0.25, 0.3) is 11.1 Å². The van der Waals surface area contributed by atoms with Crippen molar-refractivity contribution in [3.05, 3.63) is 72.1 Å². The van der Waals surface area contributed by atoms with Crippen LogP contribution in [0.3, 0.4) is 0 Å². The van der Waals surface area contributed by atoms with Crippen molar-refractivity contribution in [2.24, 2.45) is 5.41 Å². The number of nitrogens with zero attached hydrogens (tertiary/aromatic N) is 3. The fraction of sp³-hybridized carbons (Fsp3) is 0.448. The lowest BCUT2D eigenvalue weighted by Crippen LogP contribution is -2.45. The second-order valence-corrected chi connectivity index (χ2v) is 10.3. The predicted molar refractivity (Wildman–Crippen MR) is 144 cm³/mol. The van der Waals surface area contributed by atoms with E-state index in [2.05, 4.69) is 37.8 Å². The third-order valence-electron chi connectivity index (χ3n) is 7.17. The molecule has 0 radical (unpaired) electrons. The summed E-state index contributed by atoms with van der Waals surface area (Å²) in [5.74, 6) is -0.835. The molecule has 1 aromatic heterocycles. The highest BCUT2D eigenvalue weighted by molar-refractivity contribution is 5.92. The summed E-state index contributed by atoms with van der Waals surface area (Å²) in [6.45, 7) is 4.31. The van der Waals surface area contributed by atoms with Crippen LogP contribution in [0.4, 0.5) is 0 Å². The quantitative estimate of drug-likeness (QED) is 0.314. The van der Waals surface area contributed by atoms with Crippen molar-refractivity contribution in [1.29, 1.82) is 0 Å². The molecule has 0 spiro atoms. The monoisotopic (exact) mass is 519 g/mol. The van der Waals surface area contributed by atoms with Gasteiger partial charge in [0, 0.05) is 12.6 Å². The van der Waals surface area contributed by atoms with Crippen LogP contribution in [0.5, 0.6) is 0 Å². The van der Waals surface area contributed by atoms with Gasteiger partial charge in [-0.05, 0) is 62.4 Å². The molecule has 9 nitrogen and oxygen atoms in total. The number of H-pyrrole nitrogens is 1. The van der Waals surface area contributed by atoms with E-state index in [1.54, 1.807) is 6.92 Å². The Hall–Kier alpha value is -3.56. The van der Waals surface area contributed by atoms with Gasteiger partial charge in [-0.1, -0.05) is 66.2 Å². The molecule has 202 valence electrons.